The number of ether oxygens (including phenoxy) is 2. The van der Waals surface area contributed by atoms with E-state index in [1.807, 2.05) is 6.07 Å². The van der Waals surface area contributed by atoms with Crippen LogP contribution in [0.3, 0.4) is 0 Å². The van der Waals surface area contributed by atoms with Gasteiger partial charge in [-0.2, -0.15) is 0 Å². The molecule has 1 unspecified atom stereocenters. The summed E-state index contributed by atoms with van der Waals surface area (Å²) in [6.07, 6.45) is 2.06. The van der Waals surface area contributed by atoms with Crippen molar-refractivity contribution >= 4 is 11.4 Å². The monoisotopic (exact) mass is 252 g/mol. The fourth-order valence-corrected chi connectivity index (χ4v) is 2.48. The summed E-state index contributed by atoms with van der Waals surface area (Å²) >= 11 is 0. The number of nitrogens with two attached hydrogens (primary N) is 1. The lowest BCUT2D eigenvalue weighted by atomic mass is 10.2. The maximum Gasteiger partial charge on any atom is 0.162 e. The summed E-state index contributed by atoms with van der Waals surface area (Å²) in [4.78, 5) is 2.14. The highest BCUT2D eigenvalue weighted by Gasteiger charge is 2.26. The van der Waals surface area contributed by atoms with Crippen molar-refractivity contribution in [2.75, 3.05) is 38.0 Å². The lowest BCUT2D eigenvalue weighted by Crippen LogP contribution is -2.32. The van der Waals surface area contributed by atoms with Gasteiger partial charge in [0.1, 0.15) is 0 Å². The highest BCUT2D eigenvalue weighted by atomic mass is 16.5. The van der Waals surface area contributed by atoms with E-state index in [0.717, 1.165) is 25.1 Å². The molecule has 0 aromatic heterocycles. The molecule has 1 aliphatic rings. The van der Waals surface area contributed by atoms with Crippen molar-refractivity contribution in [2.45, 2.75) is 18.9 Å². The topological polar surface area (TPSA) is 68.0 Å². The van der Waals surface area contributed by atoms with E-state index in [1.165, 1.54) is 0 Å². The van der Waals surface area contributed by atoms with Gasteiger partial charge in [-0.25, -0.2) is 0 Å². The van der Waals surface area contributed by atoms with Crippen LogP contribution in [0, 0.1) is 0 Å². The van der Waals surface area contributed by atoms with E-state index < -0.39 is 0 Å². The van der Waals surface area contributed by atoms with Crippen LogP contribution < -0.4 is 20.1 Å². The van der Waals surface area contributed by atoms with Crippen LogP contribution in [-0.2, 0) is 0 Å². The average molecular weight is 252 g/mol. The molecule has 0 spiro atoms. The Kier molecular flexibility index (Phi) is 3.81. The number of aliphatic hydroxyl groups is 1. The Morgan fingerprint density at radius 1 is 1.33 bits per heavy atom. The zero-order valence-electron chi connectivity index (χ0n) is 10.8. The van der Waals surface area contributed by atoms with Gasteiger partial charge in [0.25, 0.3) is 0 Å². The Morgan fingerprint density at radius 2 is 2.00 bits per heavy atom. The molecule has 100 valence electrons. The number of rotatable bonds is 4. The zero-order valence-corrected chi connectivity index (χ0v) is 10.8. The lowest BCUT2D eigenvalue weighted by molar-refractivity contribution is 0.266. The molecule has 0 aliphatic carbocycles. The molecule has 1 saturated heterocycles. The first-order chi connectivity index (χ1) is 8.71. The third kappa shape index (κ3) is 2.18. The first-order valence-corrected chi connectivity index (χ1v) is 6.10. The minimum absolute atomic E-state index is 0.144. The Labute approximate surface area is 107 Å². The van der Waals surface area contributed by atoms with Crippen molar-refractivity contribution in [1.29, 1.82) is 0 Å². The Balaban J connectivity index is 2.38. The standard InChI is InChI=1S/C13H20N2O3/c1-17-12-6-10(14)11(7-13(12)18-2)15-5-3-4-9(15)8-16/h6-7,9,16H,3-5,8,14H2,1-2H3. The van der Waals surface area contributed by atoms with Gasteiger partial charge < -0.3 is 25.2 Å². The third-order valence-corrected chi connectivity index (χ3v) is 3.43. The fraction of sp³-hybridized carbons (Fsp3) is 0.538. The molecular weight excluding hydrogens is 232 g/mol. The first kappa shape index (κ1) is 12.8. The van der Waals surface area contributed by atoms with Crippen molar-refractivity contribution in [3.63, 3.8) is 0 Å². The van der Waals surface area contributed by atoms with Gasteiger partial charge in [-0.3, -0.25) is 0 Å². The van der Waals surface area contributed by atoms with Gasteiger partial charge in [0, 0.05) is 18.7 Å². The van der Waals surface area contributed by atoms with Crippen LogP contribution in [0.4, 0.5) is 11.4 Å². The van der Waals surface area contributed by atoms with Gasteiger partial charge in [-0.15, -0.1) is 0 Å². The van der Waals surface area contributed by atoms with Crippen LogP contribution >= 0.6 is 0 Å². The minimum Gasteiger partial charge on any atom is -0.493 e. The lowest BCUT2D eigenvalue weighted by Gasteiger charge is -2.27. The second-order valence-electron chi connectivity index (χ2n) is 4.44. The highest BCUT2D eigenvalue weighted by Crippen LogP contribution is 2.39. The van der Waals surface area contributed by atoms with E-state index in [0.29, 0.717) is 17.2 Å². The number of methoxy groups -OCH3 is 2. The number of benzene rings is 1. The van der Waals surface area contributed by atoms with Crippen LogP contribution in [0.5, 0.6) is 11.5 Å². The second-order valence-corrected chi connectivity index (χ2v) is 4.44. The van der Waals surface area contributed by atoms with E-state index in [9.17, 15) is 5.11 Å². The molecule has 0 saturated carbocycles. The average Bonchev–Trinajstić information content (AvgIpc) is 2.86. The molecular formula is C13H20N2O3. The van der Waals surface area contributed by atoms with E-state index >= 15 is 0 Å². The smallest absolute Gasteiger partial charge is 0.162 e. The maximum atomic E-state index is 9.38. The van der Waals surface area contributed by atoms with Gasteiger partial charge in [-0.05, 0) is 12.8 Å². The van der Waals surface area contributed by atoms with Gasteiger partial charge in [0.05, 0.1) is 38.2 Å². The Hall–Kier alpha value is -1.62. The van der Waals surface area contributed by atoms with Crippen LogP contribution in [0.1, 0.15) is 12.8 Å². The third-order valence-electron chi connectivity index (χ3n) is 3.43. The molecule has 1 heterocycles. The van der Waals surface area contributed by atoms with Crippen molar-refractivity contribution in [3.05, 3.63) is 12.1 Å². The van der Waals surface area contributed by atoms with E-state index in [1.54, 1.807) is 20.3 Å². The molecule has 5 nitrogen and oxygen atoms in total. The molecule has 18 heavy (non-hydrogen) atoms. The zero-order chi connectivity index (χ0) is 13.1. The molecule has 1 fully saturated rings. The van der Waals surface area contributed by atoms with Gasteiger partial charge in [0.15, 0.2) is 11.5 Å². The van der Waals surface area contributed by atoms with Crippen LogP contribution in [-0.4, -0.2) is 38.5 Å². The molecule has 2 rings (SSSR count). The summed E-state index contributed by atoms with van der Waals surface area (Å²) in [5.41, 5.74) is 7.61. The summed E-state index contributed by atoms with van der Waals surface area (Å²) in [6.45, 7) is 1.05. The molecule has 1 aromatic rings. The van der Waals surface area contributed by atoms with E-state index in [2.05, 4.69) is 4.90 Å². The molecule has 0 bridgehead atoms. The normalized spacial score (nSPS) is 19.1. The molecule has 0 amide bonds. The highest BCUT2D eigenvalue weighted by molar-refractivity contribution is 5.73. The summed E-state index contributed by atoms with van der Waals surface area (Å²) < 4.78 is 10.5. The van der Waals surface area contributed by atoms with Crippen molar-refractivity contribution in [1.82, 2.24) is 0 Å². The Morgan fingerprint density at radius 3 is 2.61 bits per heavy atom. The summed E-state index contributed by atoms with van der Waals surface area (Å²) in [5, 5.41) is 9.38. The van der Waals surface area contributed by atoms with E-state index in [-0.39, 0.29) is 12.6 Å². The van der Waals surface area contributed by atoms with Crippen molar-refractivity contribution in [2.24, 2.45) is 0 Å². The molecule has 1 aliphatic heterocycles. The molecule has 1 aromatic carbocycles. The fourth-order valence-electron chi connectivity index (χ4n) is 2.48. The van der Waals surface area contributed by atoms with Crippen LogP contribution in [0.25, 0.3) is 0 Å². The molecule has 3 N–H and O–H groups in total. The summed E-state index contributed by atoms with van der Waals surface area (Å²) in [7, 11) is 3.19. The molecule has 0 radical (unpaired) electrons. The Bertz CT molecular complexity index is 423. The molecule has 1 atom stereocenters. The van der Waals surface area contributed by atoms with Crippen LogP contribution in [0.2, 0.25) is 0 Å². The largest absolute Gasteiger partial charge is 0.493 e. The second kappa shape index (κ2) is 5.35. The SMILES string of the molecule is COc1cc(N)c(N2CCCC2CO)cc1OC. The summed E-state index contributed by atoms with van der Waals surface area (Å²) in [6, 6.07) is 3.79. The first-order valence-electron chi connectivity index (χ1n) is 6.10. The quantitative estimate of drug-likeness (QED) is 0.789. The van der Waals surface area contributed by atoms with Crippen molar-refractivity contribution < 1.29 is 14.6 Å². The predicted molar refractivity (Wildman–Crippen MR) is 71.4 cm³/mol. The maximum absolute atomic E-state index is 9.38. The number of nitrogen functional groups attached to an aromatic ring is 1. The number of nitrogens with zero attached hydrogens (tertiary/aromatic N) is 1. The number of hydrogen-bond donors (Lipinski definition) is 2. The summed E-state index contributed by atoms with van der Waals surface area (Å²) in [5.74, 6) is 1.28. The predicted octanol–water partition coefficient (Wildman–Crippen LogP) is 1.25. The van der Waals surface area contributed by atoms with Crippen LogP contribution in [0.15, 0.2) is 12.1 Å². The minimum atomic E-state index is 0.144. The number of anilines is 2. The van der Waals surface area contributed by atoms with Gasteiger partial charge in [-0.1, -0.05) is 0 Å². The van der Waals surface area contributed by atoms with E-state index in [4.69, 9.17) is 15.2 Å². The van der Waals surface area contributed by atoms with Crippen molar-refractivity contribution in [3.8, 4) is 11.5 Å². The van der Waals surface area contributed by atoms with Gasteiger partial charge >= 0.3 is 0 Å². The molecule has 5 heteroatoms. The number of aliphatic hydroxyl groups excluding tert-OH is 1. The number of hydrogen-bond acceptors (Lipinski definition) is 5. The van der Waals surface area contributed by atoms with Gasteiger partial charge in [0.2, 0.25) is 0 Å².